The first-order valence-corrected chi connectivity index (χ1v) is 8.99. The number of hydrogen-bond acceptors (Lipinski definition) is 5. The highest BCUT2D eigenvalue weighted by Crippen LogP contribution is 2.24. The maximum atomic E-state index is 12.6. The van der Waals surface area contributed by atoms with Crippen LogP contribution in [0.3, 0.4) is 0 Å². The van der Waals surface area contributed by atoms with Crippen molar-refractivity contribution < 1.29 is 19.1 Å². The second-order valence-corrected chi connectivity index (χ2v) is 6.54. The average Bonchev–Trinajstić information content (AvgIpc) is 2.95. The van der Waals surface area contributed by atoms with Gasteiger partial charge >= 0.3 is 5.97 Å². The molecule has 1 aliphatic heterocycles. The van der Waals surface area contributed by atoms with E-state index in [2.05, 4.69) is 5.32 Å². The van der Waals surface area contributed by atoms with E-state index < -0.39 is 12.0 Å². The van der Waals surface area contributed by atoms with E-state index in [1.54, 1.807) is 43.3 Å². The monoisotopic (exact) mass is 386 g/mol. The summed E-state index contributed by atoms with van der Waals surface area (Å²) >= 11 is 5.86. The van der Waals surface area contributed by atoms with Crippen LogP contribution in [0.1, 0.15) is 29.3 Å². The number of anilines is 1. The molecule has 0 saturated carbocycles. The van der Waals surface area contributed by atoms with E-state index in [1.165, 1.54) is 0 Å². The number of imide groups is 1. The van der Waals surface area contributed by atoms with Gasteiger partial charge in [-0.2, -0.15) is 0 Å². The van der Waals surface area contributed by atoms with Gasteiger partial charge in [0, 0.05) is 11.6 Å². The minimum absolute atomic E-state index is 0.0893. The Morgan fingerprint density at radius 2 is 1.81 bits per heavy atom. The molecule has 2 aromatic carbocycles. The van der Waals surface area contributed by atoms with Gasteiger partial charge in [-0.05, 0) is 48.9 Å². The molecular formula is C20H19ClN2O4. The van der Waals surface area contributed by atoms with E-state index in [9.17, 15) is 14.4 Å². The Bertz CT molecular complexity index is 849. The van der Waals surface area contributed by atoms with E-state index in [1.807, 2.05) is 12.1 Å². The molecule has 1 atom stereocenters. The van der Waals surface area contributed by atoms with Crippen LogP contribution in [0.5, 0.6) is 0 Å². The maximum Gasteiger partial charge on any atom is 0.338 e. The van der Waals surface area contributed by atoms with Crippen molar-refractivity contribution in [2.75, 3.05) is 11.5 Å². The first-order chi connectivity index (χ1) is 13.0. The summed E-state index contributed by atoms with van der Waals surface area (Å²) in [7, 11) is 0. The standard InChI is InChI=1S/C20H19ClN2O4/c1-2-27-20(26)14-5-9-16(10-6-14)23-18(24)11-17(19(23)25)22-12-13-3-7-15(21)8-4-13/h3-10,17,22H,2,11-12H2,1H3. The molecule has 0 aromatic heterocycles. The molecule has 1 aliphatic rings. The molecule has 1 unspecified atom stereocenters. The van der Waals surface area contributed by atoms with Crippen molar-refractivity contribution in [3.8, 4) is 0 Å². The largest absolute Gasteiger partial charge is 0.462 e. The van der Waals surface area contributed by atoms with Gasteiger partial charge in [-0.3, -0.25) is 9.59 Å². The summed E-state index contributed by atoms with van der Waals surface area (Å²) < 4.78 is 4.93. The molecule has 1 N–H and O–H groups in total. The molecule has 1 fully saturated rings. The van der Waals surface area contributed by atoms with Crippen molar-refractivity contribution in [2.45, 2.75) is 25.9 Å². The van der Waals surface area contributed by atoms with Gasteiger partial charge in [0.05, 0.1) is 30.3 Å². The Kier molecular flexibility index (Phi) is 5.88. The third-order valence-electron chi connectivity index (χ3n) is 4.25. The molecule has 0 bridgehead atoms. The lowest BCUT2D eigenvalue weighted by atomic mass is 10.2. The zero-order valence-electron chi connectivity index (χ0n) is 14.8. The number of ether oxygens (including phenoxy) is 1. The topological polar surface area (TPSA) is 75.7 Å². The van der Waals surface area contributed by atoms with Crippen molar-refractivity contribution in [3.05, 3.63) is 64.7 Å². The van der Waals surface area contributed by atoms with Crippen LogP contribution >= 0.6 is 11.6 Å². The number of esters is 1. The first kappa shape index (κ1) is 19.1. The summed E-state index contributed by atoms with van der Waals surface area (Å²) in [5.74, 6) is -1.03. The van der Waals surface area contributed by atoms with E-state index in [0.29, 0.717) is 22.8 Å². The minimum atomic E-state index is -0.585. The Morgan fingerprint density at radius 3 is 2.44 bits per heavy atom. The Labute approximate surface area is 162 Å². The molecular weight excluding hydrogens is 368 g/mol. The van der Waals surface area contributed by atoms with Gasteiger partial charge in [0.25, 0.3) is 5.91 Å². The maximum absolute atomic E-state index is 12.6. The molecule has 3 rings (SSSR count). The van der Waals surface area contributed by atoms with Crippen molar-refractivity contribution in [1.29, 1.82) is 0 Å². The van der Waals surface area contributed by atoms with Crippen LogP contribution in [0, 0.1) is 0 Å². The highest BCUT2D eigenvalue weighted by atomic mass is 35.5. The van der Waals surface area contributed by atoms with Crippen LogP contribution in [-0.2, 0) is 20.9 Å². The Balaban J connectivity index is 1.66. The summed E-state index contributed by atoms with van der Waals surface area (Å²) in [6.07, 6.45) is 0.0893. The fraction of sp³-hybridized carbons (Fsp3) is 0.250. The number of rotatable bonds is 6. The summed E-state index contributed by atoms with van der Waals surface area (Å²) in [6.45, 7) is 2.46. The minimum Gasteiger partial charge on any atom is -0.462 e. The lowest BCUT2D eigenvalue weighted by molar-refractivity contribution is -0.121. The summed E-state index contributed by atoms with van der Waals surface area (Å²) in [4.78, 5) is 37.8. The van der Waals surface area contributed by atoms with Gasteiger partial charge in [0.2, 0.25) is 5.91 Å². The lowest BCUT2D eigenvalue weighted by Gasteiger charge is -2.16. The third-order valence-corrected chi connectivity index (χ3v) is 4.50. The smallest absolute Gasteiger partial charge is 0.338 e. The number of carbonyl (C=O) groups is 3. The molecule has 7 heteroatoms. The van der Waals surface area contributed by atoms with E-state index in [-0.39, 0.29) is 24.8 Å². The molecule has 0 spiro atoms. The number of nitrogens with zero attached hydrogens (tertiary/aromatic N) is 1. The Morgan fingerprint density at radius 1 is 1.15 bits per heavy atom. The second kappa shape index (κ2) is 8.33. The van der Waals surface area contributed by atoms with Crippen LogP contribution in [0.25, 0.3) is 0 Å². The molecule has 140 valence electrons. The van der Waals surface area contributed by atoms with Crippen LogP contribution < -0.4 is 10.2 Å². The van der Waals surface area contributed by atoms with Crippen LogP contribution in [-0.4, -0.2) is 30.4 Å². The number of benzene rings is 2. The molecule has 2 amide bonds. The SMILES string of the molecule is CCOC(=O)c1ccc(N2C(=O)CC(NCc3ccc(Cl)cc3)C2=O)cc1. The van der Waals surface area contributed by atoms with Gasteiger partial charge in [-0.15, -0.1) is 0 Å². The summed E-state index contributed by atoms with van der Waals surface area (Å²) in [5.41, 5.74) is 1.78. The molecule has 1 heterocycles. The fourth-order valence-corrected chi connectivity index (χ4v) is 2.99. The van der Waals surface area contributed by atoms with Gasteiger partial charge in [-0.25, -0.2) is 9.69 Å². The van der Waals surface area contributed by atoms with Gasteiger partial charge in [-0.1, -0.05) is 23.7 Å². The van der Waals surface area contributed by atoms with Gasteiger partial charge in [0.15, 0.2) is 0 Å². The highest BCUT2D eigenvalue weighted by molar-refractivity contribution is 6.30. The molecule has 0 radical (unpaired) electrons. The number of nitrogens with one attached hydrogen (secondary N) is 1. The van der Waals surface area contributed by atoms with Crippen molar-refractivity contribution in [3.63, 3.8) is 0 Å². The van der Waals surface area contributed by atoms with Crippen LogP contribution in [0.2, 0.25) is 5.02 Å². The average molecular weight is 387 g/mol. The van der Waals surface area contributed by atoms with Crippen molar-refractivity contribution >= 4 is 35.1 Å². The molecule has 2 aromatic rings. The summed E-state index contributed by atoms with van der Waals surface area (Å²) in [5, 5.41) is 3.76. The molecule has 1 saturated heterocycles. The van der Waals surface area contributed by atoms with Gasteiger partial charge in [0.1, 0.15) is 0 Å². The lowest BCUT2D eigenvalue weighted by Crippen LogP contribution is -2.38. The van der Waals surface area contributed by atoms with Gasteiger partial charge < -0.3 is 10.1 Å². The van der Waals surface area contributed by atoms with Crippen molar-refractivity contribution in [2.24, 2.45) is 0 Å². The van der Waals surface area contributed by atoms with E-state index >= 15 is 0 Å². The number of hydrogen-bond donors (Lipinski definition) is 1. The Hall–Kier alpha value is -2.70. The predicted molar refractivity (Wildman–Crippen MR) is 102 cm³/mol. The zero-order valence-corrected chi connectivity index (χ0v) is 15.5. The number of amides is 2. The highest BCUT2D eigenvalue weighted by Gasteiger charge is 2.39. The third kappa shape index (κ3) is 4.35. The van der Waals surface area contributed by atoms with E-state index in [4.69, 9.17) is 16.3 Å². The van der Waals surface area contributed by atoms with Crippen LogP contribution in [0.15, 0.2) is 48.5 Å². The number of carbonyl (C=O) groups excluding carboxylic acids is 3. The van der Waals surface area contributed by atoms with Crippen LogP contribution in [0.4, 0.5) is 5.69 Å². The fourth-order valence-electron chi connectivity index (χ4n) is 2.87. The first-order valence-electron chi connectivity index (χ1n) is 8.61. The molecule has 6 nitrogen and oxygen atoms in total. The second-order valence-electron chi connectivity index (χ2n) is 6.10. The zero-order chi connectivity index (χ0) is 19.4. The van der Waals surface area contributed by atoms with E-state index in [0.717, 1.165) is 10.5 Å². The van der Waals surface area contributed by atoms with Crippen molar-refractivity contribution in [1.82, 2.24) is 5.32 Å². The molecule has 0 aliphatic carbocycles. The summed E-state index contributed by atoms with van der Waals surface area (Å²) in [6, 6.07) is 12.9. The quantitative estimate of drug-likeness (QED) is 0.610. The normalized spacial score (nSPS) is 16.7. The number of halogens is 1. The molecule has 27 heavy (non-hydrogen) atoms. The predicted octanol–water partition coefficient (Wildman–Crippen LogP) is 2.94.